The van der Waals surface area contributed by atoms with Gasteiger partial charge in [0.15, 0.2) is 0 Å². The Kier molecular flexibility index (Phi) is 4.77. The fourth-order valence-corrected chi connectivity index (χ4v) is 4.05. The van der Waals surface area contributed by atoms with E-state index in [9.17, 15) is 9.59 Å². The molecule has 1 fully saturated rings. The molecule has 27 heavy (non-hydrogen) atoms. The number of amides is 2. The highest BCUT2D eigenvalue weighted by atomic mass is 32.1. The average Bonchev–Trinajstić information content (AvgIpc) is 3.38. The highest BCUT2D eigenvalue weighted by Gasteiger charge is 2.29. The topological polar surface area (TPSA) is 81.2 Å². The van der Waals surface area contributed by atoms with Gasteiger partial charge in [0.05, 0.1) is 10.6 Å². The molecule has 7 heteroatoms. The molecule has 1 aromatic carbocycles. The second kappa shape index (κ2) is 7.36. The smallest absolute Gasteiger partial charge is 0.272 e. The van der Waals surface area contributed by atoms with E-state index in [0.29, 0.717) is 31.6 Å². The van der Waals surface area contributed by atoms with E-state index in [0.717, 1.165) is 16.3 Å². The monoisotopic (exact) mass is 380 g/mol. The molecule has 3 aromatic rings. The van der Waals surface area contributed by atoms with Crippen LogP contribution in [0.3, 0.4) is 0 Å². The van der Waals surface area contributed by atoms with Crippen LogP contribution in [0.15, 0.2) is 53.9 Å². The number of carbonyl (C=O) groups excluding carboxylic acids is 2. The molecule has 1 aliphatic heterocycles. The first-order chi connectivity index (χ1) is 13.1. The van der Waals surface area contributed by atoms with Crippen LogP contribution in [0.1, 0.15) is 23.3 Å². The number of carbonyl (C=O) groups is 2. The van der Waals surface area contributed by atoms with Gasteiger partial charge in [0.1, 0.15) is 11.4 Å². The quantitative estimate of drug-likeness (QED) is 0.756. The van der Waals surface area contributed by atoms with Crippen LogP contribution < -0.4 is 5.73 Å². The van der Waals surface area contributed by atoms with Gasteiger partial charge in [-0.2, -0.15) is 5.10 Å². The summed E-state index contributed by atoms with van der Waals surface area (Å²) >= 11 is 1.59. The van der Waals surface area contributed by atoms with Crippen LogP contribution in [-0.2, 0) is 4.79 Å². The molecule has 3 heterocycles. The second-order valence-electron chi connectivity index (χ2n) is 6.61. The Balaban J connectivity index is 1.67. The normalized spacial score (nSPS) is 15.0. The van der Waals surface area contributed by atoms with Gasteiger partial charge in [-0.25, -0.2) is 4.68 Å². The summed E-state index contributed by atoms with van der Waals surface area (Å²) in [6.07, 6.45) is 1.22. The van der Waals surface area contributed by atoms with E-state index < -0.39 is 0 Å². The van der Waals surface area contributed by atoms with Crippen molar-refractivity contribution in [1.29, 1.82) is 0 Å². The highest BCUT2D eigenvalue weighted by molar-refractivity contribution is 7.13. The number of primary amides is 1. The van der Waals surface area contributed by atoms with E-state index in [-0.39, 0.29) is 17.7 Å². The average molecular weight is 380 g/mol. The Morgan fingerprint density at radius 3 is 2.44 bits per heavy atom. The van der Waals surface area contributed by atoms with Crippen molar-refractivity contribution in [3.8, 4) is 16.3 Å². The maximum absolute atomic E-state index is 13.2. The summed E-state index contributed by atoms with van der Waals surface area (Å²) in [5.41, 5.74) is 7.56. The van der Waals surface area contributed by atoms with E-state index >= 15 is 0 Å². The maximum atomic E-state index is 13.2. The predicted molar refractivity (Wildman–Crippen MR) is 105 cm³/mol. The van der Waals surface area contributed by atoms with Crippen LogP contribution in [0.2, 0.25) is 0 Å². The largest absolute Gasteiger partial charge is 0.369 e. The Hall–Kier alpha value is -2.93. The van der Waals surface area contributed by atoms with Gasteiger partial charge < -0.3 is 10.6 Å². The van der Waals surface area contributed by atoms with Crippen molar-refractivity contribution in [3.05, 3.63) is 59.6 Å². The van der Waals surface area contributed by atoms with Gasteiger partial charge in [-0.05, 0) is 42.5 Å². The van der Waals surface area contributed by atoms with Crippen LogP contribution in [0, 0.1) is 5.92 Å². The Bertz CT molecular complexity index is 942. The van der Waals surface area contributed by atoms with Crippen molar-refractivity contribution in [2.24, 2.45) is 11.7 Å². The maximum Gasteiger partial charge on any atom is 0.272 e. The van der Waals surface area contributed by atoms with Crippen molar-refractivity contribution in [2.75, 3.05) is 13.1 Å². The number of piperidine rings is 1. The molecule has 0 spiro atoms. The van der Waals surface area contributed by atoms with Gasteiger partial charge in [0.25, 0.3) is 5.91 Å². The summed E-state index contributed by atoms with van der Waals surface area (Å²) in [7, 11) is 0. The summed E-state index contributed by atoms with van der Waals surface area (Å²) in [4.78, 5) is 27.4. The number of likely N-dealkylation sites (tertiary alicyclic amines) is 1. The zero-order chi connectivity index (χ0) is 18.8. The fourth-order valence-electron chi connectivity index (χ4n) is 3.37. The van der Waals surface area contributed by atoms with Crippen molar-refractivity contribution in [3.63, 3.8) is 0 Å². The third kappa shape index (κ3) is 3.50. The van der Waals surface area contributed by atoms with Crippen LogP contribution in [0.4, 0.5) is 0 Å². The first kappa shape index (κ1) is 17.5. The summed E-state index contributed by atoms with van der Waals surface area (Å²) in [5, 5.41) is 6.68. The summed E-state index contributed by atoms with van der Waals surface area (Å²) < 4.78 is 1.71. The van der Waals surface area contributed by atoms with Crippen molar-refractivity contribution in [1.82, 2.24) is 14.7 Å². The number of rotatable bonds is 4. The number of nitrogens with two attached hydrogens (primary N) is 1. The molecule has 0 bridgehead atoms. The van der Waals surface area contributed by atoms with Gasteiger partial charge in [-0.1, -0.05) is 24.3 Å². The molecule has 0 atom stereocenters. The Labute approximate surface area is 161 Å². The lowest BCUT2D eigenvalue weighted by Crippen LogP contribution is -2.42. The molecule has 0 aliphatic carbocycles. The molecule has 2 aromatic heterocycles. The number of thiophene rings is 1. The van der Waals surface area contributed by atoms with Crippen LogP contribution >= 0.6 is 11.3 Å². The predicted octanol–water partition coefficient (Wildman–Crippen LogP) is 2.94. The van der Waals surface area contributed by atoms with Crippen molar-refractivity contribution >= 4 is 23.2 Å². The Morgan fingerprint density at radius 1 is 1.07 bits per heavy atom. The first-order valence-electron chi connectivity index (χ1n) is 8.91. The first-order valence-corrected chi connectivity index (χ1v) is 9.79. The number of aromatic nitrogens is 2. The lowest BCUT2D eigenvalue weighted by atomic mass is 9.96. The zero-order valence-corrected chi connectivity index (χ0v) is 15.6. The minimum Gasteiger partial charge on any atom is -0.369 e. The minimum atomic E-state index is -0.281. The lowest BCUT2D eigenvalue weighted by Gasteiger charge is -2.30. The molecular weight excluding hydrogens is 360 g/mol. The molecule has 2 N–H and O–H groups in total. The number of benzene rings is 1. The zero-order valence-electron chi connectivity index (χ0n) is 14.7. The fraction of sp³-hybridized carbons (Fsp3) is 0.250. The van der Waals surface area contributed by atoms with Gasteiger partial charge >= 0.3 is 0 Å². The third-order valence-corrected chi connectivity index (χ3v) is 5.78. The minimum absolute atomic E-state index is 0.0721. The van der Waals surface area contributed by atoms with Crippen molar-refractivity contribution < 1.29 is 9.59 Å². The van der Waals surface area contributed by atoms with E-state index in [1.807, 2.05) is 53.9 Å². The van der Waals surface area contributed by atoms with Crippen molar-refractivity contribution in [2.45, 2.75) is 12.8 Å². The SMILES string of the molecule is NC(=O)C1CCN(C(=O)c2cc(-c3cccs3)nn2-c2ccccc2)CC1. The van der Waals surface area contributed by atoms with Gasteiger partial charge in [-0.15, -0.1) is 11.3 Å². The standard InChI is InChI=1S/C20H20N4O2S/c21-19(25)14-8-10-23(11-9-14)20(26)17-13-16(18-7-4-12-27-18)22-24(17)15-5-2-1-3-6-15/h1-7,12-14H,8-11H2,(H2,21,25). The second-order valence-corrected chi connectivity index (χ2v) is 7.56. The van der Waals surface area contributed by atoms with Gasteiger partial charge in [-0.3, -0.25) is 9.59 Å². The number of hydrogen-bond acceptors (Lipinski definition) is 4. The third-order valence-electron chi connectivity index (χ3n) is 4.89. The lowest BCUT2D eigenvalue weighted by molar-refractivity contribution is -0.123. The van der Waals surface area contributed by atoms with Crippen LogP contribution in [0.25, 0.3) is 16.3 Å². The molecule has 0 radical (unpaired) electrons. The van der Waals surface area contributed by atoms with Gasteiger partial charge in [0.2, 0.25) is 5.91 Å². The van der Waals surface area contributed by atoms with Crippen LogP contribution in [-0.4, -0.2) is 39.6 Å². The van der Waals surface area contributed by atoms with E-state index in [4.69, 9.17) is 5.73 Å². The highest BCUT2D eigenvalue weighted by Crippen LogP contribution is 2.27. The molecule has 0 unspecified atom stereocenters. The number of hydrogen-bond donors (Lipinski definition) is 1. The van der Waals surface area contributed by atoms with Crippen LogP contribution in [0.5, 0.6) is 0 Å². The molecule has 2 amide bonds. The molecule has 1 aliphatic rings. The number of para-hydroxylation sites is 1. The number of nitrogens with zero attached hydrogens (tertiary/aromatic N) is 3. The molecule has 6 nitrogen and oxygen atoms in total. The van der Waals surface area contributed by atoms with E-state index in [2.05, 4.69) is 5.10 Å². The molecule has 138 valence electrons. The molecule has 1 saturated heterocycles. The summed E-state index contributed by atoms with van der Waals surface area (Å²) in [6, 6.07) is 15.5. The molecular formula is C20H20N4O2S. The van der Waals surface area contributed by atoms with E-state index in [1.54, 1.807) is 20.9 Å². The summed E-state index contributed by atoms with van der Waals surface area (Å²) in [5.74, 6) is -0.497. The van der Waals surface area contributed by atoms with E-state index in [1.165, 1.54) is 0 Å². The molecule has 0 saturated carbocycles. The van der Waals surface area contributed by atoms with Gasteiger partial charge in [0, 0.05) is 19.0 Å². The summed E-state index contributed by atoms with van der Waals surface area (Å²) in [6.45, 7) is 1.06. The Morgan fingerprint density at radius 2 is 1.81 bits per heavy atom. The molecule has 4 rings (SSSR count).